The van der Waals surface area contributed by atoms with Gasteiger partial charge in [0.05, 0.1) is 11.3 Å². The van der Waals surface area contributed by atoms with Crippen LogP contribution >= 0.6 is 0 Å². The van der Waals surface area contributed by atoms with Crippen molar-refractivity contribution in [1.29, 1.82) is 0 Å². The minimum atomic E-state index is -3.35. The average Bonchev–Trinajstić information content (AvgIpc) is 2.54. The molecule has 0 heterocycles. The van der Waals surface area contributed by atoms with E-state index in [-0.39, 0.29) is 11.3 Å². The first kappa shape index (κ1) is 18.8. The van der Waals surface area contributed by atoms with E-state index in [1.165, 1.54) is 24.3 Å². The van der Waals surface area contributed by atoms with Crippen molar-refractivity contribution in [2.75, 3.05) is 6.26 Å². The van der Waals surface area contributed by atoms with Crippen molar-refractivity contribution < 1.29 is 27.4 Å². The van der Waals surface area contributed by atoms with E-state index in [0.29, 0.717) is 33.4 Å². The zero-order valence-electron chi connectivity index (χ0n) is 14.7. The number of benzene rings is 3. The summed E-state index contributed by atoms with van der Waals surface area (Å²) in [4.78, 5) is 11.2. The Bertz CT molecular complexity index is 1150. The molecule has 0 saturated heterocycles. The maximum Gasteiger partial charge on any atom is 0.307 e. The molecule has 0 bridgehead atoms. The van der Waals surface area contributed by atoms with Crippen LogP contribution in [0.4, 0.5) is 4.39 Å². The number of carboxylic acids is 1. The number of hydrogen-bond acceptors (Lipinski definition) is 4. The lowest BCUT2D eigenvalue weighted by Gasteiger charge is -2.13. The zero-order valence-corrected chi connectivity index (χ0v) is 15.5. The first-order valence-electron chi connectivity index (χ1n) is 8.06. The Morgan fingerprint density at radius 2 is 1.85 bits per heavy atom. The number of aliphatic carboxylic acids is 1. The monoisotopic (exact) mass is 388 g/mol. The lowest BCUT2D eigenvalue weighted by atomic mass is 10.0. The summed E-state index contributed by atoms with van der Waals surface area (Å²) in [5.74, 6) is -0.759. The maximum absolute atomic E-state index is 13.7. The van der Waals surface area contributed by atoms with E-state index in [9.17, 15) is 17.6 Å². The van der Waals surface area contributed by atoms with Crippen LogP contribution < -0.4 is 4.74 Å². The first-order chi connectivity index (χ1) is 12.6. The summed E-state index contributed by atoms with van der Waals surface area (Å²) in [6, 6.07) is 11.9. The van der Waals surface area contributed by atoms with Gasteiger partial charge in [-0.05, 0) is 59.8 Å². The van der Waals surface area contributed by atoms with E-state index in [0.717, 1.165) is 6.26 Å². The molecule has 3 aromatic carbocycles. The third-order valence-electron chi connectivity index (χ3n) is 4.07. The molecule has 27 heavy (non-hydrogen) atoms. The molecule has 0 spiro atoms. The van der Waals surface area contributed by atoms with Gasteiger partial charge in [-0.2, -0.15) is 0 Å². The van der Waals surface area contributed by atoms with Crippen molar-refractivity contribution in [3.63, 3.8) is 0 Å². The van der Waals surface area contributed by atoms with Crippen molar-refractivity contribution >= 4 is 26.6 Å². The molecular formula is C20H17FO5S. The van der Waals surface area contributed by atoms with Crippen LogP contribution in [0.1, 0.15) is 11.1 Å². The number of aryl methyl sites for hydroxylation is 1. The van der Waals surface area contributed by atoms with E-state index in [1.807, 2.05) is 0 Å². The maximum atomic E-state index is 13.7. The molecule has 0 unspecified atom stereocenters. The molecule has 0 aliphatic heterocycles. The number of halogens is 1. The van der Waals surface area contributed by atoms with Crippen LogP contribution in [0.5, 0.6) is 11.5 Å². The molecule has 0 radical (unpaired) electrons. The summed E-state index contributed by atoms with van der Waals surface area (Å²) in [6.07, 6.45) is 0.928. The SMILES string of the molecule is Cc1cc(Oc2cc(CC(=O)O)cc3ccc(F)cc23)ccc1S(C)(=O)=O. The van der Waals surface area contributed by atoms with E-state index < -0.39 is 21.6 Å². The van der Waals surface area contributed by atoms with Crippen molar-refractivity contribution in [1.82, 2.24) is 0 Å². The van der Waals surface area contributed by atoms with Crippen LogP contribution in [0.2, 0.25) is 0 Å². The predicted octanol–water partition coefficient (Wildman–Crippen LogP) is 4.11. The summed E-state index contributed by atoms with van der Waals surface area (Å²) in [5, 5.41) is 10.2. The van der Waals surface area contributed by atoms with Gasteiger partial charge in [0.2, 0.25) is 0 Å². The molecule has 0 aliphatic carbocycles. The highest BCUT2D eigenvalue weighted by Crippen LogP contribution is 2.33. The minimum Gasteiger partial charge on any atom is -0.481 e. The number of rotatable bonds is 5. The molecular weight excluding hydrogens is 371 g/mol. The Kier molecular flexibility index (Phi) is 4.89. The average molecular weight is 388 g/mol. The molecule has 0 saturated carbocycles. The Balaban J connectivity index is 2.09. The normalized spacial score (nSPS) is 11.5. The third kappa shape index (κ3) is 4.25. The predicted molar refractivity (Wildman–Crippen MR) is 99.6 cm³/mol. The fourth-order valence-corrected chi connectivity index (χ4v) is 3.90. The van der Waals surface area contributed by atoms with Crippen LogP contribution in [0.3, 0.4) is 0 Å². The molecule has 1 N–H and O–H groups in total. The fourth-order valence-electron chi connectivity index (χ4n) is 2.94. The minimum absolute atomic E-state index is 0.199. The van der Waals surface area contributed by atoms with Crippen LogP contribution in [0.15, 0.2) is 53.4 Å². The Labute approximate surface area is 155 Å². The smallest absolute Gasteiger partial charge is 0.307 e. The number of fused-ring (bicyclic) bond motifs is 1. The van der Waals surface area contributed by atoms with Gasteiger partial charge in [0.1, 0.15) is 17.3 Å². The Morgan fingerprint density at radius 3 is 2.48 bits per heavy atom. The van der Waals surface area contributed by atoms with Gasteiger partial charge in [0.15, 0.2) is 9.84 Å². The number of hydrogen-bond donors (Lipinski definition) is 1. The summed E-state index contributed by atoms with van der Waals surface area (Å²) >= 11 is 0. The van der Waals surface area contributed by atoms with Gasteiger partial charge in [-0.15, -0.1) is 0 Å². The Hall–Kier alpha value is -2.93. The van der Waals surface area contributed by atoms with Crippen LogP contribution in [-0.4, -0.2) is 25.7 Å². The second-order valence-electron chi connectivity index (χ2n) is 6.33. The van der Waals surface area contributed by atoms with Gasteiger partial charge in [-0.25, -0.2) is 12.8 Å². The molecule has 0 aliphatic rings. The summed E-state index contributed by atoms with van der Waals surface area (Å²) in [7, 11) is -3.35. The van der Waals surface area contributed by atoms with Gasteiger partial charge in [0.25, 0.3) is 0 Å². The highest BCUT2D eigenvalue weighted by atomic mass is 32.2. The van der Waals surface area contributed by atoms with Gasteiger partial charge < -0.3 is 9.84 Å². The molecule has 3 aromatic rings. The van der Waals surface area contributed by atoms with Gasteiger partial charge in [-0.3, -0.25) is 4.79 Å². The number of carbonyl (C=O) groups is 1. The number of ether oxygens (including phenoxy) is 1. The lowest BCUT2D eigenvalue weighted by Crippen LogP contribution is -2.01. The van der Waals surface area contributed by atoms with Crippen molar-refractivity contribution in [3.8, 4) is 11.5 Å². The molecule has 3 rings (SSSR count). The van der Waals surface area contributed by atoms with Gasteiger partial charge in [0, 0.05) is 11.6 Å². The summed E-state index contributed by atoms with van der Waals surface area (Å²) in [5.41, 5.74) is 1.04. The third-order valence-corrected chi connectivity index (χ3v) is 5.32. The standard InChI is InChI=1S/C20H17FO5S/c1-12-7-16(5-6-19(12)27(2,24)25)26-18-9-13(10-20(22)23)8-14-3-4-15(21)11-17(14)18/h3-9,11H,10H2,1-2H3,(H,22,23). The second kappa shape index (κ2) is 7.00. The molecule has 7 heteroatoms. The first-order valence-corrected chi connectivity index (χ1v) is 9.95. The van der Waals surface area contributed by atoms with Crippen molar-refractivity contribution in [3.05, 3.63) is 65.5 Å². The van der Waals surface area contributed by atoms with Crippen LogP contribution in [-0.2, 0) is 21.1 Å². The molecule has 0 aromatic heterocycles. The highest BCUT2D eigenvalue weighted by molar-refractivity contribution is 7.90. The van der Waals surface area contributed by atoms with Crippen LogP contribution in [0, 0.1) is 12.7 Å². The van der Waals surface area contributed by atoms with E-state index in [1.54, 1.807) is 31.2 Å². The number of carboxylic acid groups (broad SMARTS) is 1. The van der Waals surface area contributed by atoms with Gasteiger partial charge >= 0.3 is 5.97 Å². The van der Waals surface area contributed by atoms with Gasteiger partial charge in [-0.1, -0.05) is 12.1 Å². The summed E-state index contributed by atoms with van der Waals surface area (Å²) in [6.45, 7) is 1.65. The van der Waals surface area contributed by atoms with Crippen molar-refractivity contribution in [2.24, 2.45) is 0 Å². The highest BCUT2D eigenvalue weighted by Gasteiger charge is 2.14. The second-order valence-corrected chi connectivity index (χ2v) is 8.32. The fraction of sp³-hybridized carbons (Fsp3) is 0.150. The van der Waals surface area contributed by atoms with Crippen molar-refractivity contribution in [2.45, 2.75) is 18.2 Å². The lowest BCUT2D eigenvalue weighted by molar-refractivity contribution is -0.136. The Morgan fingerprint density at radius 1 is 1.11 bits per heavy atom. The molecule has 0 amide bonds. The molecule has 0 atom stereocenters. The largest absolute Gasteiger partial charge is 0.481 e. The molecule has 5 nitrogen and oxygen atoms in total. The van der Waals surface area contributed by atoms with E-state index in [2.05, 4.69) is 0 Å². The van der Waals surface area contributed by atoms with E-state index in [4.69, 9.17) is 9.84 Å². The quantitative estimate of drug-likeness (QED) is 0.711. The molecule has 0 fully saturated rings. The zero-order chi connectivity index (χ0) is 19.8. The van der Waals surface area contributed by atoms with E-state index >= 15 is 0 Å². The van der Waals surface area contributed by atoms with Crippen LogP contribution in [0.25, 0.3) is 10.8 Å². The summed E-state index contributed by atoms with van der Waals surface area (Å²) < 4.78 is 43.1. The molecule has 140 valence electrons. The topological polar surface area (TPSA) is 80.7 Å². The number of sulfone groups is 1.